The van der Waals surface area contributed by atoms with E-state index in [9.17, 15) is 29.9 Å². The molecule has 1 saturated carbocycles. The molecule has 71 heavy (non-hydrogen) atoms. The second-order valence-corrected chi connectivity index (χ2v) is 18.0. The average Bonchev–Trinajstić information content (AvgIpc) is 3.38. The standard InChI is InChI=1S/C55H60N4O12/c1-5-28-68-55-50(58(2)53(62)39-19-18-36-12-6-7-13-37(36)29-39)33-47(57-69-34-35-16-20-40(21-17-35)59(64)65)44-30-38(14-8-10-26-60)43(15-9-11-27-61)51(52(44)55)45-31-42(23-25-48(45)71-55)70-54(63)56-46-24-22-41(66-3)32-49(46)67-4/h5-7,12-13,16-25,29-32,38,43,50-52,60-61H,1,8-11,14-15,26-28,33-34H2,2-4H3,(H,56,63). The van der Waals surface area contributed by atoms with E-state index in [2.05, 4.69) is 18.0 Å². The number of aliphatic hydroxyl groups excluding tert-OH is 2. The molecule has 0 radical (unpaired) electrons. The normalized spacial score (nSPS) is 21.5. The molecule has 5 aromatic carbocycles. The Hall–Kier alpha value is -7.27. The maximum Gasteiger partial charge on any atom is 0.417 e. The van der Waals surface area contributed by atoms with Crippen LogP contribution in [0, 0.1) is 27.9 Å². The SMILES string of the molecule is C=CCOC12Oc3ccc(OC(=O)Nc4ccc(OC)cc4OC)cc3C3C(CCCCO)C(CCCCO)C=C(C(=NOCc4ccc([N+](=O)[O-])cc4)CC1N(C)C(=O)c1ccc4ccccc4c1)C32. The molecule has 0 bridgehead atoms. The van der Waals surface area contributed by atoms with Gasteiger partial charge >= 0.3 is 6.09 Å². The number of carbonyl (C=O) groups excluding carboxylic acids is 2. The Labute approximate surface area is 412 Å². The van der Waals surface area contributed by atoms with E-state index in [1.807, 2.05) is 48.5 Å². The maximum atomic E-state index is 15.0. The molecule has 16 heteroatoms. The van der Waals surface area contributed by atoms with Crippen LogP contribution in [-0.4, -0.2) is 90.7 Å². The zero-order valence-corrected chi connectivity index (χ0v) is 40.2. The van der Waals surface area contributed by atoms with E-state index in [4.69, 9.17) is 33.7 Å². The third-order valence-electron chi connectivity index (χ3n) is 13.8. The van der Waals surface area contributed by atoms with Crippen LogP contribution in [0.5, 0.6) is 23.0 Å². The minimum absolute atomic E-state index is 0.00567. The molecule has 1 aliphatic heterocycles. The fourth-order valence-electron chi connectivity index (χ4n) is 10.5. The van der Waals surface area contributed by atoms with Gasteiger partial charge < -0.3 is 43.6 Å². The zero-order chi connectivity index (χ0) is 50.1. The fourth-order valence-corrected chi connectivity index (χ4v) is 10.5. The molecular weight excluding hydrogens is 909 g/mol. The van der Waals surface area contributed by atoms with Crippen molar-refractivity contribution in [3.8, 4) is 23.0 Å². The van der Waals surface area contributed by atoms with Crippen LogP contribution in [0.1, 0.15) is 72.3 Å². The first-order valence-electron chi connectivity index (χ1n) is 23.9. The summed E-state index contributed by atoms with van der Waals surface area (Å²) in [6, 6.07) is 28.9. The van der Waals surface area contributed by atoms with Crippen LogP contribution in [0.25, 0.3) is 10.8 Å². The molecule has 6 unspecified atom stereocenters. The van der Waals surface area contributed by atoms with Crippen molar-refractivity contribution in [2.24, 2.45) is 22.9 Å². The van der Waals surface area contributed by atoms with Gasteiger partial charge in [0.2, 0.25) is 5.79 Å². The lowest BCUT2D eigenvalue weighted by molar-refractivity contribution is -0.384. The number of likely N-dealkylation sites (N-methyl/N-ethyl adjacent to an activating group) is 1. The first-order valence-corrected chi connectivity index (χ1v) is 23.9. The lowest BCUT2D eigenvalue weighted by Crippen LogP contribution is -2.69. The van der Waals surface area contributed by atoms with Crippen LogP contribution in [-0.2, 0) is 16.2 Å². The molecule has 3 N–H and O–H groups in total. The number of anilines is 1. The van der Waals surface area contributed by atoms with Crippen LogP contribution in [0.15, 0.2) is 133 Å². The molecule has 16 nitrogen and oxygen atoms in total. The predicted molar refractivity (Wildman–Crippen MR) is 268 cm³/mol. The van der Waals surface area contributed by atoms with Gasteiger partial charge in [0, 0.05) is 61.9 Å². The number of carbonyl (C=O) groups is 2. The van der Waals surface area contributed by atoms with Gasteiger partial charge in [-0.1, -0.05) is 60.5 Å². The van der Waals surface area contributed by atoms with Crippen LogP contribution >= 0.6 is 0 Å². The summed E-state index contributed by atoms with van der Waals surface area (Å²) in [6.45, 7) is 4.14. The van der Waals surface area contributed by atoms with Crippen molar-refractivity contribution in [1.82, 2.24) is 4.90 Å². The quantitative estimate of drug-likeness (QED) is 0.0272. The molecule has 6 atom stereocenters. The van der Waals surface area contributed by atoms with Crippen molar-refractivity contribution in [1.29, 1.82) is 0 Å². The van der Waals surface area contributed by atoms with Gasteiger partial charge in [-0.15, -0.1) is 6.58 Å². The van der Waals surface area contributed by atoms with E-state index < -0.39 is 34.7 Å². The van der Waals surface area contributed by atoms with E-state index >= 15 is 0 Å². The Balaban J connectivity index is 1.27. The van der Waals surface area contributed by atoms with Crippen LogP contribution < -0.4 is 24.3 Å². The van der Waals surface area contributed by atoms with E-state index in [0.717, 1.165) is 34.8 Å². The lowest BCUT2D eigenvalue weighted by atomic mass is 9.55. The van der Waals surface area contributed by atoms with Crippen molar-refractivity contribution < 1.29 is 53.2 Å². The number of allylic oxidation sites excluding steroid dienone is 1. The van der Waals surface area contributed by atoms with E-state index in [0.29, 0.717) is 65.5 Å². The van der Waals surface area contributed by atoms with Crippen molar-refractivity contribution in [3.63, 3.8) is 0 Å². The summed E-state index contributed by atoms with van der Waals surface area (Å²) in [5, 5.41) is 41.0. The summed E-state index contributed by atoms with van der Waals surface area (Å²) < 4.78 is 31.2. The second kappa shape index (κ2) is 22.7. The molecule has 1 fully saturated rings. The highest BCUT2D eigenvalue weighted by molar-refractivity contribution is 6.04. The van der Waals surface area contributed by atoms with Crippen LogP contribution in [0.2, 0.25) is 0 Å². The number of nitro groups is 1. The number of methoxy groups -OCH3 is 2. The van der Waals surface area contributed by atoms with E-state index in [-0.39, 0.29) is 62.0 Å². The number of aliphatic hydroxyl groups is 2. The van der Waals surface area contributed by atoms with Gasteiger partial charge in [-0.05, 0) is 114 Å². The molecule has 372 valence electrons. The topological polar surface area (TPSA) is 201 Å². The molecule has 0 aromatic heterocycles. The van der Waals surface area contributed by atoms with Gasteiger partial charge in [0.1, 0.15) is 35.6 Å². The Morgan fingerprint density at radius 1 is 0.915 bits per heavy atom. The number of rotatable bonds is 21. The zero-order valence-electron chi connectivity index (χ0n) is 40.2. The Bertz CT molecular complexity index is 2800. The summed E-state index contributed by atoms with van der Waals surface area (Å²) in [5.41, 5.74) is 3.58. The Morgan fingerprint density at radius 2 is 1.66 bits per heavy atom. The average molecular weight is 969 g/mol. The molecule has 2 amide bonds. The fraction of sp³-hybridized carbons (Fsp3) is 0.364. The van der Waals surface area contributed by atoms with Gasteiger partial charge in [0.15, 0.2) is 0 Å². The minimum atomic E-state index is -1.54. The summed E-state index contributed by atoms with van der Waals surface area (Å²) in [6.07, 6.45) is 7.27. The first-order chi connectivity index (χ1) is 34.5. The predicted octanol–water partition coefficient (Wildman–Crippen LogP) is 9.98. The molecular formula is C55H60N4O12. The number of ether oxygens (including phenoxy) is 5. The van der Waals surface area contributed by atoms with E-state index in [1.165, 1.54) is 26.4 Å². The number of hydrogen-bond donors (Lipinski definition) is 3. The highest BCUT2D eigenvalue weighted by atomic mass is 16.7. The molecule has 8 rings (SSSR count). The van der Waals surface area contributed by atoms with Crippen molar-refractivity contribution in [3.05, 3.63) is 154 Å². The lowest BCUT2D eigenvalue weighted by Gasteiger charge is -2.59. The van der Waals surface area contributed by atoms with Gasteiger partial charge in [0.25, 0.3) is 11.6 Å². The number of hydrogen-bond acceptors (Lipinski definition) is 13. The summed E-state index contributed by atoms with van der Waals surface area (Å²) in [7, 11) is 4.77. The highest BCUT2D eigenvalue weighted by Gasteiger charge is 2.65. The molecule has 0 spiro atoms. The second-order valence-electron chi connectivity index (χ2n) is 18.0. The van der Waals surface area contributed by atoms with Crippen LogP contribution in [0.3, 0.4) is 0 Å². The van der Waals surface area contributed by atoms with Gasteiger partial charge in [-0.3, -0.25) is 20.2 Å². The number of benzene rings is 5. The number of nitro benzene ring substituents is 1. The number of non-ortho nitro benzene ring substituents is 1. The minimum Gasteiger partial charge on any atom is -0.497 e. The van der Waals surface area contributed by atoms with Gasteiger partial charge in [-0.25, -0.2) is 4.79 Å². The third kappa shape index (κ3) is 10.7. The highest BCUT2D eigenvalue weighted by Crippen LogP contribution is 2.62. The van der Waals surface area contributed by atoms with Gasteiger partial charge in [0.05, 0.1) is 43.1 Å². The summed E-state index contributed by atoms with van der Waals surface area (Å²) in [5.74, 6) is -1.36. The maximum absolute atomic E-state index is 15.0. The number of unbranched alkanes of at least 4 members (excludes halogenated alkanes) is 2. The Morgan fingerprint density at radius 3 is 2.38 bits per heavy atom. The molecule has 3 aliphatic rings. The van der Waals surface area contributed by atoms with Crippen LogP contribution in [0.4, 0.5) is 16.2 Å². The smallest absolute Gasteiger partial charge is 0.417 e. The summed E-state index contributed by atoms with van der Waals surface area (Å²) >= 11 is 0. The number of nitrogens with one attached hydrogen (secondary N) is 1. The number of amides is 2. The Kier molecular flexibility index (Phi) is 16.0. The van der Waals surface area contributed by atoms with E-state index in [1.54, 1.807) is 60.5 Å². The number of nitrogens with zero attached hydrogens (tertiary/aromatic N) is 3. The molecule has 0 saturated heterocycles. The molecule has 5 aromatic rings. The molecule has 1 heterocycles. The van der Waals surface area contributed by atoms with Gasteiger partial charge in [-0.2, -0.15) is 0 Å². The first kappa shape index (κ1) is 50.1. The summed E-state index contributed by atoms with van der Waals surface area (Å²) in [4.78, 5) is 47.4. The van der Waals surface area contributed by atoms with Crippen molar-refractivity contribution >= 4 is 39.9 Å². The van der Waals surface area contributed by atoms with Crippen molar-refractivity contribution in [2.75, 3.05) is 46.4 Å². The number of fused-ring (bicyclic) bond motifs is 3. The molecule has 2 aliphatic carbocycles. The number of oxime groups is 1. The third-order valence-corrected chi connectivity index (χ3v) is 13.8. The van der Waals surface area contributed by atoms with Crippen molar-refractivity contribution in [2.45, 2.75) is 69.3 Å². The largest absolute Gasteiger partial charge is 0.497 e. The monoisotopic (exact) mass is 968 g/mol.